The van der Waals surface area contributed by atoms with Gasteiger partial charge in [-0.2, -0.15) is 0 Å². The Bertz CT molecular complexity index is 402. The summed E-state index contributed by atoms with van der Waals surface area (Å²) in [5, 5.41) is 0. The van der Waals surface area contributed by atoms with Crippen molar-refractivity contribution in [2.45, 2.75) is 29.0 Å². The van der Waals surface area contributed by atoms with Crippen LogP contribution in [0.3, 0.4) is 0 Å². The summed E-state index contributed by atoms with van der Waals surface area (Å²) in [6.07, 6.45) is 0.516. The van der Waals surface area contributed by atoms with Gasteiger partial charge in [0.25, 0.3) is 0 Å². The van der Waals surface area contributed by atoms with Gasteiger partial charge in [0.05, 0.1) is 7.11 Å². The van der Waals surface area contributed by atoms with Gasteiger partial charge < -0.3 is 4.74 Å². The molecule has 0 saturated heterocycles. The molecule has 1 atom stereocenters. The molecule has 0 heterocycles. The summed E-state index contributed by atoms with van der Waals surface area (Å²) in [7, 11) is 1.28. The third kappa shape index (κ3) is 4.68. The van der Waals surface area contributed by atoms with E-state index in [0.29, 0.717) is 6.42 Å². The molecule has 0 aromatic heterocycles. The molecule has 0 fully saturated rings. The van der Waals surface area contributed by atoms with Crippen LogP contribution in [0.1, 0.15) is 18.9 Å². The molecule has 0 radical (unpaired) electrons. The van der Waals surface area contributed by atoms with Crippen LogP contribution in [0.15, 0.2) is 30.3 Å². The van der Waals surface area contributed by atoms with Gasteiger partial charge in [0.1, 0.15) is 9.21 Å². The molecule has 1 aromatic carbocycles. The van der Waals surface area contributed by atoms with Crippen molar-refractivity contribution in [3.63, 3.8) is 0 Å². The monoisotopic (exact) mass is 308 g/mol. The summed E-state index contributed by atoms with van der Waals surface area (Å²) in [4.78, 5) is 10.3. The van der Waals surface area contributed by atoms with E-state index in [1.54, 1.807) is 6.92 Å². The highest BCUT2D eigenvalue weighted by Gasteiger charge is 2.40. The Labute approximate surface area is 122 Å². The lowest BCUT2D eigenvalue weighted by Gasteiger charge is -2.27. The predicted octanol–water partition coefficient (Wildman–Crippen LogP) is 3.96. The summed E-state index contributed by atoms with van der Waals surface area (Å²) in [6.45, 7) is 1.55. The van der Waals surface area contributed by atoms with Gasteiger partial charge in [0.15, 0.2) is 0 Å². The van der Waals surface area contributed by atoms with E-state index in [0.717, 1.165) is 5.56 Å². The molecule has 0 bridgehead atoms. The van der Waals surface area contributed by atoms with E-state index in [1.165, 1.54) is 7.11 Å². The number of methoxy groups -OCH3 is 1. The SMILES string of the molecule is COC(=O)C(C)(Cl)CC(Cl)(Cl)Cc1ccccc1. The Kier molecular flexibility index (Phi) is 5.32. The van der Waals surface area contributed by atoms with Crippen molar-refractivity contribution >= 4 is 40.8 Å². The van der Waals surface area contributed by atoms with E-state index in [9.17, 15) is 4.79 Å². The largest absolute Gasteiger partial charge is 0.468 e. The number of ether oxygens (including phenoxy) is 1. The first-order valence-electron chi connectivity index (χ1n) is 5.46. The summed E-state index contributed by atoms with van der Waals surface area (Å²) < 4.78 is 3.50. The van der Waals surface area contributed by atoms with Crippen molar-refractivity contribution in [2.75, 3.05) is 7.11 Å². The van der Waals surface area contributed by atoms with Gasteiger partial charge >= 0.3 is 5.97 Å². The lowest BCUT2D eigenvalue weighted by Crippen LogP contribution is -2.37. The number of carbonyl (C=O) groups excluding carboxylic acids is 1. The van der Waals surface area contributed by atoms with Crippen LogP contribution in [-0.2, 0) is 16.0 Å². The molecule has 1 rings (SSSR count). The molecule has 2 nitrogen and oxygen atoms in total. The second-order valence-electron chi connectivity index (χ2n) is 4.38. The molecule has 0 N–H and O–H groups in total. The second kappa shape index (κ2) is 6.14. The Morgan fingerprint density at radius 1 is 1.22 bits per heavy atom. The van der Waals surface area contributed by atoms with E-state index < -0.39 is 15.2 Å². The maximum Gasteiger partial charge on any atom is 0.326 e. The lowest BCUT2D eigenvalue weighted by molar-refractivity contribution is -0.143. The smallest absolute Gasteiger partial charge is 0.326 e. The number of rotatable bonds is 5. The van der Waals surface area contributed by atoms with E-state index in [2.05, 4.69) is 4.74 Å². The molecule has 0 amide bonds. The molecule has 0 aliphatic heterocycles. The number of hydrogen-bond acceptors (Lipinski definition) is 2. The number of carbonyl (C=O) groups is 1. The highest BCUT2D eigenvalue weighted by atomic mass is 35.5. The van der Waals surface area contributed by atoms with Crippen LogP contribution in [0, 0.1) is 0 Å². The first-order chi connectivity index (χ1) is 8.27. The molecular weight excluding hydrogens is 295 g/mol. The zero-order valence-electron chi connectivity index (χ0n) is 10.3. The highest BCUT2D eigenvalue weighted by molar-refractivity contribution is 6.49. The molecule has 1 aromatic rings. The normalized spacial score (nSPS) is 14.9. The van der Waals surface area contributed by atoms with Gasteiger partial charge in [-0.3, -0.25) is 4.79 Å². The van der Waals surface area contributed by atoms with Gasteiger partial charge in [-0.1, -0.05) is 30.3 Å². The minimum atomic E-state index is -1.23. The number of halogens is 3. The summed E-state index contributed by atoms with van der Waals surface area (Å²) in [5.41, 5.74) is 0.986. The molecule has 1 unspecified atom stereocenters. The van der Waals surface area contributed by atoms with E-state index in [1.807, 2.05) is 30.3 Å². The zero-order chi connectivity index (χ0) is 13.8. The van der Waals surface area contributed by atoms with E-state index in [4.69, 9.17) is 34.8 Å². The fourth-order valence-corrected chi connectivity index (χ4v) is 3.01. The molecular formula is C13H15Cl3O2. The van der Waals surface area contributed by atoms with E-state index >= 15 is 0 Å². The first kappa shape index (κ1) is 15.6. The average molecular weight is 310 g/mol. The van der Waals surface area contributed by atoms with Crippen LogP contribution in [0.5, 0.6) is 0 Å². The molecule has 100 valence electrons. The Morgan fingerprint density at radius 2 is 1.78 bits per heavy atom. The van der Waals surface area contributed by atoms with Crippen molar-refractivity contribution in [1.82, 2.24) is 0 Å². The first-order valence-corrected chi connectivity index (χ1v) is 6.59. The van der Waals surface area contributed by atoms with Gasteiger partial charge in [0, 0.05) is 12.8 Å². The minimum absolute atomic E-state index is 0.103. The third-order valence-electron chi connectivity index (χ3n) is 2.51. The molecule has 18 heavy (non-hydrogen) atoms. The summed E-state index contributed by atoms with van der Waals surface area (Å²) in [5.74, 6) is -0.539. The van der Waals surface area contributed by atoms with Crippen LogP contribution in [0.25, 0.3) is 0 Å². The van der Waals surface area contributed by atoms with Crippen molar-refractivity contribution in [3.8, 4) is 0 Å². The van der Waals surface area contributed by atoms with Crippen LogP contribution in [-0.4, -0.2) is 22.3 Å². The second-order valence-corrected chi connectivity index (χ2v) is 6.86. The van der Waals surface area contributed by atoms with Crippen molar-refractivity contribution in [3.05, 3.63) is 35.9 Å². The van der Waals surface area contributed by atoms with Gasteiger partial charge in [-0.15, -0.1) is 34.8 Å². The number of hydrogen-bond donors (Lipinski definition) is 0. The zero-order valence-corrected chi connectivity index (χ0v) is 12.5. The van der Waals surface area contributed by atoms with Crippen LogP contribution in [0.2, 0.25) is 0 Å². The van der Waals surface area contributed by atoms with Crippen molar-refractivity contribution in [2.24, 2.45) is 0 Å². The van der Waals surface area contributed by atoms with Gasteiger partial charge in [-0.25, -0.2) is 0 Å². The maximum absolute atomic E-state index is 11.5. The average Bonchev–Trinajstić information content (AvgIpc) is 2.27. The molecule has 0 aliphatic carbocycles. The minimum Gasteiger partial charge on any atom is -0.468 e. The van der Waals surface area contributed by atoms with Crippen molar-refractivity contribution < 1.29 is 9.53 Å². The molecule has 0 spiro atoms. The number of benzene rings is 1. The summed E-state index contributed by atoms with van der Waals surface area (Å²) >= 11 is 18.6. The fraction of sp³-hybridized carbons (Fsp3) is 0.462. The predicted molar refractivity (Wildman–Crippen MR) is 75.5 cm³/mol. The number of alkyl halides is 3. The third-order valence-corrected chi connectivity index (χ3v) is 3.33. The van der Waals surface area contributed by atoms with Gasteiger partial charge in [-0.05, 0) is 12.5 Å². The molecule has 0 aliphatic rings. The van der Waals surface area contributed by atoms with Crippen LogP contribution in [0.4, 0.5) is 0 Å². The van der Waals surface area contributed by atoms with Crippen LogP contribution >= 0.6 is 34.8 Å². The summed E-state index contributed by atoms with van der Waals surface area (Å²) in [6, 6.07) is 9.55. The fourth-order valence-electron chi connectivity index (χ4n) is 1.73. The van der Waals surface area contributed by atoms with E-state index in [-0.39, 0.29) is 6.42 Å². The van der Waals surface area contributed by atoms with Crippen molar-refractivity contribution in [1.29, 1.82) is 0 Å². The van der Waals surface area contributed by atoms with Crippen LogP contribution < -0.4 is 0 Å². The number of esters is 1. The molecule has 5 heteroatoms. The quantitative estimate of drug-likeness (QED) is 0.608. The standard InChI is InChI=1S/C13H15Cl3O2/c1-12(14,11(17)18-2)9-13(15,16)8-10-6-4-3-5-7-10/h3-7H,8-9H2,1-2H3. The Balaban J connectivity index is 2.73. The highest BCUT2D eigenvalue weighted by Crippen LogP contribution is 2.38. The van der Waals surface area contributed by atoms with Gasteiger partial charge in [0.2, 0.25) is 0 Å². The topological polar surface area (TPSA) is 26.3 Å². The Hall–Kier alpha value is -0.440. The molecule has 0 saturated carbocycles. The lowest BCUT2D eigenvalue weighted by atomic mass is 9.99. The maximum atomic E-state index is 11.5. The Morgan fingerprint density at radius 3 is 2.28 bits per heavy atom.